The van der Waals surface area contributed by atoms with E-state index in [0.717, 1.165) is 12.1 Å². The number of ether oxygens (including phenoxy) is 1. The molecule has 1 N–H and O–H groups in total. The first-order valence-corrected chi connectivity index (χ1v) is 5.65. The molecular weight excluding hydrogens is 226 g/mol. The fraction of sp³-hybridized carbons (Fsp3) is 0.417. The van der Waals surface area contributed by atoms with Crippen LogP contribution in [0.25, 0.3) is 0 Å². The van der Waals surface area contributed by atoms with Crippen molar-refractivity contribution in [2.75, 3.05) is 20.2 Å². The lowest BCUT2D eigenvalue weighted by Gasteiger charge is -2.17. The molecule has 2 rings (SSSR count). The second kappa shape index (κ2) is 4.85. The monoisotopic (exact) mass is 239 g/mol. The standard InChI is InChI=1S/C12H14ClNO2/c1-16-12(15)10-7-14-6-9(10)8-4-2-3-5-11(8)13/h2-5,9-10,14H,6-7H2,1H3/t9-,10+/m1/s1. The third-order valence-corrected chi connectivity index (χ3v) is 3.37. The normalized spacial score (nSPS) is 24.4. The molecule has 86 valence electrons. The number of rotatable bonds is 2. The number of esters is 1. The summed E-state index contributed by atoms with van der Waals surface area (Å²) in [4.78, 5) is 11.6. The van der Waals surface area contributed by atoms with Crippen LogP contribution in [0.2, 0.25) is 5.02 Å². The van der Waals surface area contributed by atoms with Gasteiger partial charge in [-0.2, -0.15) is 0 Å². The Morgan fingerprint density at radius 1 is 1.44 bits per heavy atom. The van der Waals surface area contributed by atoms with Gasteiger partial charge in [0, 0.05) is 24.0 Å². The summed E-state index contributed by atoms with van der Waals surface area (Å²) in [6, 6.07) is 7.65. The van der Waals surface area contributed by atoms with E-state index in [0.29, 0.717) is 11.6 Å². The van der Waals surface area contributed by atoms with Gasteiger partial charge in [0.2, 0.25) is 0 Å². The van der Waals surface area contributed by atoms with Crippen LogP contribution in [0.15, 0.2) is 24.3 Å². The van der Waals surface area contributed by atoms with Crippen LogP contribution in [0.5, 0.6) is 0 Å². The molecule has 0 bridgehead atoms. The van der Waals surface area contributed by atoms with Crippen molar-refractivity contribution in [3.05, 3.63) is 34.9 Å². The first-order chi connectivity index (χ1) is 7.74. The molecule has 1 fully saturated rings. The first kappa shape index (κ1) is 11.4. The predicted molar refractivity (Wildman–Crippen MR) is 62.6 cm³/mol. The second-order valence-corrected chi connectivity index (χ2v) is 4.32. The Hall–Kier alpha value is -1.06. The van der Waals surface area contributed by atoms with Crippen LogP contribution in [0, 0.1) is 5.92 Å². The maximum atomic E-state index is 11.6. The summed E-state index contributed by atoms with van der Waals surface area (Å²) >= 11 is 6.14. The largest absolute Gasteiger partial charge is 0.469 e. The minimum absolute atomic E-state index is 0.112. The average molecular weight is 240 g/mol. The zero-order valence-electron chi connectivity index (χ0n) is 9.07. The fourth-order valence-corrected chi connectivity index (χ4v) is 2.46. The molecule has 1 aromatic rings. The molecule has 2 atom stereocenters. The Kier molecular flexibility index (Phi) is 3.46. The lowest BCUT2D eigenvalue weighted by molar-refractivity contribution is -0.145. The van der Waals surface area contributed by atoms with E-state index in [9.17, 15) is 4.79 Å². The summed E-state index contributed by atoms with van der Waals surface area (Å²) in [5, 5.41) is 3.92. The van der Waals surface area contributed by atoms with Crippen molar-refractivity contribution in [2.24, 2.45) is 5.92 Å². The van der Waals surface area contributed by atoms with E-state index < -0.39 is 0 Å². The number of hydrogen-bond acceptors (Lipinski definition) is 3. The molecule has 0 spiro atoms. The Morgan fingerprint density at radius 2 is 2.19 bits per heavy atom. The van der Waals surface area contributed by atoms with Gasteiger partial charge in [-0.25, -0.2) is 0 Å². The highest BCUT2D eigenvalue weighted by Crippen LogP contribution is 2.33. The SMILES string of the molecule is COC(=O)[C@H]1CNC[C@@H]1c1ccccc1Cl. The van der Waals surface area contributed by atoms with E-state index in [4.69, 9.17) is 16.3 Å². The van der Waals surface area contributed by atoms with E-state index in [1.54, 1.807) is 0 Å². The van der Waals surface area contributed by atoms with Crippen molar-refractivity contribution in [2.45, 2.75) is 5.92 Å². The molecule has 1 aromatic carbocycles. The zero-order chi connectivity index (χ0) is 11.5. The lowest BCUT2D eigenvalue weighted by Crippen LogP contribution is -2.23. The highest BCUT2D eigenvalue weighted by atomic mass is 35.5. The van der Waals surface area contributed by atoms with Gasteiger partial charge in [0.1, 0.15) is 0 Å². The van der Waals surface area contributed by atoms with Crippen LogP contribution in [-0.4, -0.2) is 26.2 Å². The van der Waals surface area contributed by atoms with Crippen LogP contribution in [-0.2, 0) is 9.53 Å². The maximum absolute atomic E-state index is 11.6. The van der Waals surface area contributed by atoms with Crippen molar-refractivity contribution in [3.8, 4) is 0 Å². The number of methoxy groups -OCH3 is 1. The fourth-order valence-electron chi connectivity index (χ4n) is 2.18. The predicted octanol–water partition coefficient (Wildman–Crippen LogP) is 1.82. The van der Waals surface area contributed by atoms with Gasteiger partial charge in [-0.3, -0.25) is 4.79 Å². The molecule has 0 saturated carbocycles. The van der Waals surface area contributed by atoms with Gasteiger partial charge in [-0.15, -0.1) is 0 Å². The third-order valence-electron chi connectivity index (χ3n) is 3.02. The Morgan fingerprint density at radius 3 is 2.88 bits per heavy atom. The number of halogens is 1. The van der Waals surface area contributed by atoms with Crippen molar-refractivity contribution < 1.29 is 9.53 Å². The van der Waals surface area contributed by atoms with Gasteiger partial charge in [0.25, 0.3) is 0 Å². The Labute approximate surface area is 99.7 Å². The molecular formula is C12H14ClNO2. The van der Waals surface area contributed by atoms with Crippen molar-refractivity contribution >= 4 is 17.6 Å². The number of nitrogens with one attached hydrogen (secondary N) is 1. The van der Waals surface area contributed by atoms with Crippen LogP contribution >= 0.6 is 11.6 Å². The van der Waals surface area contributed by atoms with E-state index >= 15 is 0 Å². The molecule has 0 amide bonds. The van der Waals surface area contributed by atoms with Gasteiger partial charge in [-0.05, 0) is 11.6 Å². The van der Waals surface area contributed by atoms with Gasteiger partial charge < -0.3 is 10.1 Å². The average Bonchev–Trinajstić information content (AvgIpc) is 2.77. The smallest absolute Gasteiger partial charge is 0.310 e. The molecule has 4 heteroatoms. The molecule has 1 aliphatic heterocycles. The summed E-state index contributed by atoms with van der Waals surface area (Å²) in [7, 11) is 1.42. The zero-order valence-corrected chi connectivity index (χ0v) is 9.83. The number of carbonyl (C=O) groups is 1. The molecule has 0 aromatic heterocycles. The van der Waals surface area contributed by atoms with E-state index in [-0.39, 0.29) is 17.8 Å². The summed E-state index contributed by atoms with van der Waals surface area (Å²) in [6.07, 6.45) is 0. The molecule has 1 aliphatic rings. The van der Waals surface area contributed by atoms with Crippen LogP contribution < -0.4 is 5.32 Å². The third kappa shape index (κ3) is 2.06. The highest BCUT2D eigenvalue weighted by molar-refractivity contribution is 6.31. The summed E-state index contributed by atoms with van der Waals surface area (Å²) in [6.45, 7) is 1.42. The molecule has 0 aliphatic carbocycles. The van der Waals surface area contributed by atoms with Crippen LogP contribution in [0.4, 0.5) is 0 Å². The summed E-state index contributed by atoms with van der Waals surface area (Å²) in [5.74, 6) is -0.194. The maximum Gasteiger partial charge on any atom is 0.310 e. The van der Waals surface area contributed by atoms with E-state index in [1.807, 2.05) is 24.3 Å². The lowest BCUT2D eigenvalue weighted by atomic mass is 9.89. The highest BCUT2D eigenvalue weighted by Gasteiger charge is 2.35. The quantitative estimate of drug-likeness (QED) is 0.800. The number of carbonyl (C=O) groups excluding carboxylic acids is 1. The summed E-state index contributed by atoms with van der Waals surface area (Å²) < 4.78 is 4.80. The molecule has 0 unspecified atom stereocenters. The molecule has 0 radical (unpaired) electrons. The van der Waals surface area contributed by atoms with Crippen molar-refractivity contribution in [1.29, 1.82) is 0 Å². The number of benzene rings is 1. The number of hydrogen-bond donors (Lipinski definition) is 1. The topological polar surface area (TPSA) is 38.3 Å². The minimum atomic E-state index is -0.171. The van der Waals surface area contributed by atoms with Gasteiger partial charge in [0.05, 0.1) is 13.0 Å². The van der Waals surface area contributed by atoms with E-state index in [1.165, 1.54) is 7.11 Å². The van der Waals surface area contributed by atoms with Crippen molar-refractivity contribution in [1.82, 2.24) is 5.32 Å². The Bertz CT molecular complexity index is 394. The second-order valence-electron chi connectivity index (χ2n) is 3.92. The Balaban J connectivity index is 2.27. The van der Waals surface area contributed by atoms with Crippen molar-refractivity contribution in [3.63, 3.8) is 0 Å². The minimum Gasteiger partial charge on any atom is -0.469 e. The molecule has 16 heavy (non-hydrogen) atoms. The van der Waals surface area contributed by atoms with E-state index in [2.05, 4.69) is 5.32 Å². The van der Waals surface area contributed by atoms with Crippen LogP contribution in [0.1, 0.15) is 11.5 Å². The van der Waals surface area contributed by atoms with Crippen LogP contribution in [0.3, 0.4) is 0 Å². The molecule has 1 saturated heterocycles. The van der Waals surface area contributed by atoms with Gasteiger partial charge in [-0.1, -0.05) is 29.8 Å². The van der Waals surface area contributed by atoms with Gasteiger partial charge >= 0.3 is 5.97 Å². The summed E-state index contributed by atoms with van der Waals surface area (Å²) in [5.41, 5.74) is 1.02. The molecule has 1 heterocycles. The van der Waals surface area contributed by atoms with Gasteiger partial charge in [0.15, 0.2) is 0 Å². The first-order valence-electron chi connectivity index (χ1n) is 5.27. The molecule has 3 nitrogen and oxygen atoms in total.